The Morgan fingerprint density at radius 3 is 2.26 bits per heavy atom. The molecule has 0 saturated carbocycles. The molecule has 0 N–H and O–H groups in total. The number of nitrogens with zero attached hydrogens (tertiary/aromatic N) is 4. The number of hydrogen-bond acceptors (Lipinski definition) is 4. The summed E-state index contributed by atoms with van der Waals surface area (Å²) in [6, 6.07) is 18.4. The zero-order valence-electron chi connectivity index (χ0n) is 12.5. The van der Waals surface area contributed by atoms with E-state index in [1.54, 1.807) is 11.3 Å². The lowest BCUT2D eigenvalue weighted by Gasteiger charge is -1.98. The monoisotopic (exact) mass is 318 g/mol. The van der Waals surface area contributed by atoms with Crippen LogP contribution in [-0.2, 0) is 0 Å². The SMILES string of the molecule is Cc1ccc(-c2nnc(-c3cnn(-c4ccccc4)c3)s2)cc1. The van der Waals surface area contributed by atoms with Crippen LogP contribution < -0.4 is 0 Å². The molecule has 0 fully saturated rings. The topological polar surface area (TPSA) is 43.6 Å². The predicted molar refractivity (Wildman–Crippen MR) is 92.6 cm³/mol. The number of hydrogen-bond donors (Lipinski definition) is 0. The van der Waals surface area contributed by atoms with E-state index >= 15 is 0 Å². The van der Waals surface area contributed by atoms with Crippen LogP contribution in [-0.4, -0.2) is 20.0 Å². The molecule has 0 saturated heterocycles. The maximum Gasteiger partial charge on any atom is 0.151 e. The van der Waals surface area contributed by atoms with E-state index in [1.165, 1.54) is 5.56 Å². The van der Waals surface area contributed by atoms with Crippen LogP contribution in [0.5, 0.6) is 0 Å². The van der Waals surface area contributed by atoms with Gasteiger partial charge in [0.2, 0.25) is 0 Å². The van der Waals surface area contributed by atoms with Crippen molar-refractivity contribution in [3.63, 3.8) is 0 Å². The Hall–Kier alpha value is -2.79. The van der Waals surface area contributed by atoms with Crippen LogP contribution in [0.1, 0.15) is 5.56 Å². The van der Waals surface area contributed by atoms with Gasteiger partial charge in [-0.1, -0.05) is 59.4 Å². The Balaban J connectivity index is 1.65. The first-order valence-electron chi connectivity index (χ1n) is 7.30. The van der Waals surface area contributed by atoms with Gasteiger partial charge >= 0.3 is 0 Å². The van der Waals surface area contributed by atoms with Crippen LogP contribution in [0, 0.1) is 6.92 Å². The highest BCUT2D eigenvalue weighted by atomic mass is 32.1. The van der Waals surface area contributed by atoms with Crippen molar-refractivity contribution in [1.82, 2.24) is 20.0 Å². The minimum Gasteiger partial charge on any atom is -0.240 e. The summed E-state index contributed by atoms with van der Waals surface area (Å²) in [6.45, 7) is 2.08. The van der Waals surface area contributed by atoms with E-state index in [2.05, 4.69) is 46.5 Å². The minimum absolute atomic E-state index is 0.878. The van der Waals surface area contributed by atoms with Gasteiger partial charge in [0.25, 0.3) is 0 Å². The van der Waals surface area contributed by atoms with Gasteiger partial charge in [0.1, 0.15) is 5.01 Å². The molecule has 4 aromatic rings. The molecule has 23 heavy (non-hydrogen) atoms. The molecule has 112 valence electrons. The fourth-order valence-corrected chi connectivity index (χ4v) is 3.13. The Kier molecular flexibility index (Phi) is 3.48. The van der Waals surface area contributed by atoms with E-state index in [0.717, 1.165) is 26.8 Å². The van der Waals surface area contributed by atoms with Crippen molar-refractivity contribution in [2.45, 2.75) is 6.92 Å². The van der Waals surface area contributed by atoms with Gasteiger partial charge < -0.3 is 0 Å². The smallest absolute Gasteiger partial charge is 0.151 e. The van der Waals surface area contributed by atoms with Gasteiger partial charge in [-0.05, 0) is 19.1 Å². The van der Waals surface area contributed by atoms with Gasteiger partial charge in [-0.15, -0.1) is 10.2 Å². The molecule has 0 unspecified atom stereocenters. The molecule has 0 aliphatic rings. The second-order valence-electron chi connectivity index (χ2n) is 5.29. The zero-order chi connectivity index (χ0) is 15.6. The van der Waals surface area contributed by atoms with E-state index in [9.17, 15) is 0 Å². The summed E-state index contributed by atoms with van der Waals surface area (Å²) in [5, 5.41) is 14.8. The third kappa shape index (κ3) is 2.78. The molecule has 2 heterocycles. The lowest BCUT2D eigenvalue weighted by atomic mass is 10.2. The molecule has 0 spiro atoms. The van der Waals surface area contributed by atoms with Gasteiger partial charge in [0.05, 0.1) is 17.4 Å². The van der Waals surface area contributed by atoms with Crippen LogP contribution in [0.25, 0.3) is 26.8 Å². The van der Waals surface area contributed by atoms with E-state index in [-0.39, 0.29) is 0 Å². The van der Waals surface area contributed by atoms with Gasteiger partial charge in [-0.3, -0.25) is 0 Å². The van der Waals surface area contributed by atoms with Crippen molar-refractivity contribution in [2.75, 3.05) is 0 Å². The van der Waals surface area contributed by atoms with Crippen LogP contribution in [0.15, 0.2) is 67.0 Å². The normalized spacial score (nSPS) is 10.8. The molecule has 0 bridgehead atoms. The van der Waals surface area contributed by atoms with Gasteiger partial charge in [0.15, 0.2) is 5.01 Å². The van der Waals surface area contributed by atoms with E-state index in [0.29, 0.717) is 0 Å². The second-order valence-corrected chi connectivity index (χ2v) is 6.27. The van der Waals surface area contributed by atoms with Crippen LogP contribution in [0.3, 0.4) is 0 Å². The number of benzene rings is 2. The lowest BCUT2D eigenvalue weighted by Crippen LogP contribution is -1.92. The Morgan fingerprint density at radius 1 is 0.826 bits per heavy atom. The lowest BCUT2D eigenvalue weighted by molar-refractivity contribution is 0.880. The van der Waals surface area contributed by atoms with Crippen molar-refractivity contribution in [3.05, 3.63) is 72.6 Å². The van der Waals surface area contributed by atoms with Gasteiger partial charge in [0, 0.05) is 11.8 Å². The fraction of sp³-hybridized carbons (Fsp3) is 0.0556. The average molecular weight is 318 g/mol. The van der Waals surface area contributed by atoms with Crippen molar-refractivity contribution < 1.29 is 0 Å². The first-order chi connectivity index (χ1) is 11.3. The molecule has 0 radical (unpaired) electrons. The Labute approximate surface area is 138 Å². The first-order valence-corrected chi connectivity index (χ1v) is 8.12. The number of aryl methyl sites for hydroxylation is 1. The summed E-state index contributed by atoms with van der Waals surface area (Å²) in [5.74, 6) is 0. The maximum atomic E-state index is 4.41. The summed E-state index contributed by atoms with van der Waals surface area (Å²) in [7, 11) is 0. The molecule has 0 amide bonds. The van der Waals surface area contributed by atoms with Crippen LogP contribution in [0.4, 0.5) is 0 Å². The zero-order valence-corrected chi connectivity index (χ0v) is 13.4. The number of rotatable bonds is 3. The molecule has 0 atom stereocenters. The predicted octanol–water partition coefficient (Wildman–Crippen LogP) is 4.37. The highest BCUT2D eigenvalue weighted by molar-refractivity contribution is 7.17. The highest BCUT2D eigenvalue weighted by Gasteiger charge is 2.11. The largest absolute Gasteiger partial charge is 0.240 e. The van der Waals surface area contributed by atoms with Gasteiger partial charge in [-0.2, -0.15) is 5.10 Å². The molecule has 4 nitrogen and oxygen atoms in total. The van der Waals surface area contributed by atoms with E-state index in [1.807, 2.05) is 47.4 Å². The standard InChI is InChI=1S/C18H14N4S/c1-13-7-9-14(10-8-13)17-20-21-18(23-17)15-11-19-22(12-15)16-5-3-2-4-6-16/h2-12H,1H3. The molecule has 0 aliphatic heterocycles. The summed E-state index contributed by atoms with van der Waals surface area (Å²) in [6.07, 6.45) is 3.81. The molecule has 2 aromatic heterocycles. The summed E-state index contributed by atoms with van der Waals surface area (Å²) in [4.78, 5) is 0. The molecule has 0 aliphatic carbocycles. The summed E-state index contributed by atoms with van der Waals surface area (Å²) < 4.78 is 1.85. The summed E-state index contributed by atoms with van der Waals surface area (Å²) >= 11 is 1.58. The van der Waals surface area contributed by atoms with E-state index < -0.39 is 0 Å². The third-order valence-corrected chi connectivity index (χ3v) is 4.60. The molecular formula is C18H14N4S. The van der Waals surface area contributed by atoms with Crippen molar-refractivity contribution in [3.8, 4) is 26.8 Å². The quantitative estimate of drug-likeness (QED) is 0.563. The molecule has 5 heteroatoms. The summed E-state index contributed by atoms with van der Waals surface area (Å²) in [5.41, 5.74) is 4.34. The van der Waals surface area contributed by atoms with E-state index in [4.69, 9.17) is 0 Å². The highest BCUT2D eigenvalue weighted by Crippen LogP contribution is 2.30. The van der Waals surface area contributed by atoms with Crippen molar-refractivity contribution in [2.24, 2.45) is 0 Å². The van der Waals surface area contributed by atoms with Crippen LogP contribution >= 0.6 is 11.3 Å². The first kappa shape index (κ1) is 13.8. The maximum absolute atomic E-state index is 4.41. The fourth-order valence-electron chi connectivity index (χ4n) is 2.31. The molecule has 2 aromatic carbocycles. The van der Waals surface area contributed by atoms with Crippen molar-refractivity contribution in [1.29, 1.82) is 0 Å². The average Bonchev–Trinajstić information content (AvgIpc) is 3.26. The minimum atomic E-state index is 0.878. The van der Waals surface area contributed by atoms with Crippen LogP contribution in [0.2, 0.25) is 0 Å². The number of para-hydroxylation sites is 1. The second kappa shape index (κ2) is 5.78. The molecule has 4 rings (SSSR count). The third-order valence-electron chi connectivity index (χ3n) is 3.57. The van der Waals surface area contributed by atoms with Gasteiger partial charge in [-0.25, -0.2) is 4.68 Å². The number of aromatic nitrogens is 4. The van der Waals surface area contributed by atoms with Crippen molar-refractivity contribution >= 4 is 11.3 Å². The Bertz CT molecular complexity index is 923. The Morgan fingerprint density at radius 2 is 1.52 bits per heavy atom. The molecular weight excluding hydrogens is 304 g/mol.